The lowest BCUT2D eigenvalue weighted by Gasteiger charge is -2.50. The topological polar surface area (TPSA) is 188 Å². The number of fused-ring (bicyclic) bond motifs is 5. The van der Waals surface area contributed by atoms with Gasteiger partial charge in [-0.15, -0.1) is 0 Å². The number of esters is 1. The Kier molecular flexibility index (Phi) is 8.12. The molecule has 0 aliphatic carbocycles. The molecule has 9 atom stereocenters. The van der Waals surface area contributed by atoms with Crippen LogP contribution in [0, 0.1) is 11.8 Å². The number of carbonyl (C=O) groups is 2. The molecule has 0 saturated carbocycles. The van der Waals surface area contributed by atoms with Crippen molar-refractivity contribution < 1.29 is 54.1 Å². The van der Waals surface area contributed by atoms with Gasteiger partial charge in [0.05, 0.1) is 49.1 Å². The van der Waals surface area contributed by atoms with Crippen LogP contribution in [-0.4, -0.2) is 112 Å². The molecule has 5 unspecified atom stereocenters. The molecule has 0 bridgehead atoms. The standard InChI is InChI=1S/C28H36N2O11/c1-4-13-11-30-9-8-28(37)19-16(29-24(28)17(30)10-14(13)15(12-38-2)26(36)39-3)6-5-7-18(19)40-27-22(33)20(31)21(32)23(41-27)25(34)35/h5-7,12-14,17,20-23,27,31-33,37H,4,8-11H2,1-3H3,(H,34,35)/b15-12+/t13-,14+,17+,20?,21?,22?,23?,27?,28+/m1/s1. The third kappa shape index (κ3) is 4.90. The van der Waals surface area contributed by atoms with Crippen molar-refractivity contribution in [2.24, 2.45) is 16.8 Å². The van der Waals surface area contributed by atoms with Gasteiger partial charge in [0.25, 0.3) is 0 Å². The zero-order valence-corrected chi connectivity index (χ0v) is 23.0. The van der Waals surface area contributed by atoms with Gasteiger partial charge in [0.2, 0.25) is 6.29 Å². The molecule has 4 aliphatic heterocycles. The van der Waals surface area contributed by atoms with Crippen LogP contribution in [0.2, 0.25) is 0 Å². The first-order valence-electron chi connectivity index (χ1n) is 13.6. The molecule has 0 radical (unpaired) electrons. The lowest BCUT2D eigenvalue weighted by molar-refractivity contribution is -0.271. The van der Waals surface area contributed by atoms with E-state index in [1.807, 2.05) is 0 Å². The molecular weight excluding hydrogens is 540 g/mol. The fraction of sp³-hybridized carbons (Fsp3) is 0.607. The Morgan fingerprint density at radius 2 is 1.95 bits per heavy atom. The van der Waals surface area contributed by atoms with Crippen LogP contribution in [0.5, 0.6) is 5.75 Å². The second kappa shape index (κ2) is 11.3. The fourth-order valence-electron chi connectivity index (χ4n) is 6.66. The van der Waals surface area contributed by atoms with Crippen LogP contribution in [0.1, 0.15) is 31.7 Å². The maximum absolute atomic E-state index is 12.7. The minimum Gasteiger partial charge on any atom is -0.504 e. The summed E-state index contributed by atoms with van der Waals surface area (Å²) in [4.78, 5) is 31.3. The van der Waals surface area contributed by atoms with E-state index in [1.54, 1.807) is 18.2 Å². The molecule has 1 aromatic rings. The monoisotopic (exact) mass is 576 g/mol. The summed E-state index contributed by atoms with van der Waals surface area (Å²) in [5, 5.41) is 52.3. The van der Waals surface area contributed by atoms with Gasteiger partial charge in [-0.2, -0.15) is 0 Å². The van der Waals surface area contributed by atoms with Crippen molar-refractivity contribution in [3.8, 4) is 5.75 Å². The number of hydrogen-bond donors (Lipinski definition) is 5. The number of aliphatic hydroxyl groups excluding tert-OH is 3. The largest absolute Gasteiger partial charge is 0.504 e. The van der Waals surface area contributed by atoms with Crippen LogP contribution in [0.25, 0.3) is 0 Å². The third-order valence-corrected chi connectivity index (χ3v) is 8.76. The Hall–Kier alpha value is -3.07. The Balaban J connectivity index is 1.46. The smallest absolute Gasteiger partial charge is 0.337 e. The van der Waals surface area contributed by atoms with E-state index in [2.05, 4.69) is 11.8 Å². The van der Waals surface area contributed by atoms with Gasteiger partial charge in [-0.3, -0.25) is 9.89 Å². The van der Waals surface area contributed by atoms with Crippen molar-refractivity contribution in [2.45, 2.75) is 68.5 Å². The predicted octanol–water partition coefficient (Wildman–Crippen LogP) is 0.0550. The summed E-state index contributed by atoms with van der Waals surface area (Å²) in [6.07, 6.45) is -5.90. The number of nitrogens with zero attached hydrogens (tertiary/aromatic N) is 2. The maximum atomic E-state index is 12.7. The summed E-state index contributed by atoms with van der Waals surface area (Å²) in [7, 11) is 2.80. The van der Waals surface area contributed by atoms with Crippen molar-refractivity contribution >= 4 is 23.3 Å². The van der Waals surface area contributed by atoms with E-state index in [1.165, 1.54) is 20.5 Å². The first kappa shape index (κ1) is 29.4. The van der Waals surface area contributed by atoms with Crippen LogP contribution in [0.3, 0.4) is 0 Å². The molecule has 3 saturated heterocycles. The van der Waals surface area contributed by atoms with Gasteiger partial charge in [-0.25, -0.2) is 9.59 Å². The summed E-state index contributed by atoms with van der Waals surface area (Å²) < 4.78 is 21.5. The van der Waals surface area contributed by atoms with E-state index < -0.39 is 48.2 Å². The molecule has 0 aromatic heterocycles. The first-order valence-corrected chi connectivity index (χ1v) is 13.6. The zero-order chi connectivity index (χ0) is 29.6. The van der Waals surface area contributed by atoms with Crippen LogP contribution < -0.4 is 4.74 Å². The van der Waals surface area contributed by atoms with E-state index in [-0.39, 0.29) is 23.6 Å². The van der Waals surface area contributed by atoms with Gasteiger partial charge in [-0.1, -0.05) is 19.4 Å². The SMILES string of the molecule is CC[C@@H]1CN2CC[C@@]3(O)C(=Nc4cccc(OC5OC(C(=O)O)C(O)C(O)C5O)c43)[C@@H]2C[C@@H]1/C(=C\OC)C(=O)OC. The highest BCUT2D eigenvalue weighted by atomic mass is 16.7. The fourth-order valence-corrected chi connectivity index (χ4v) is 6.66. The van der Waals surface area contributed by atoms with Gasteiger partial charge in [0.1, 0.15) is 29.7 Å². The van der Waals surface area contributed by atoms with E-state index in [4.69, 9.17) is 23.9 Å². The lowest BCUT2D eigenvalue weighted by Crippen LogP contribution is -2.61. The number of carbonyl (C=O) groups excluding carboxylic acids is 1. The number of piperidine rings is 2. The number of carboxylic acids is 1. The molecular formula is C28H36N2O11. The number of aliphatic hydroxyl groups is 4. The van der Waals surface area contributed by atoms with E-state index in [0.29, 0.717) is 48.5 Å². The number of hydrogen-bond acceptors (Lipinski definition) is 12. The van der Waals surface area contributed by atoms with Crippen LogP contribution >= 0.6 is 0 Å². The molecule has 5 rings (SSSR count). The molecule has 13 heteroatoms. The number of benzene rings is 1. The molecule has 3 fully saturated rings. The van der Waals surface area contributed by atoms with Gasteiger partial charge >= 0.3 is 11.9 Å². The van der Waals surface area contributed by atoms with E-state index >= 15 is 0 Å². The van der Waals surface area contributed by atoms with Crippen LogP contribution in [0.15, 0.2) is 35.0 Å². The molecule has 4 aliphatic rings. The minimum atomic E-state index is -1.86. The summed E-state index contributed by atoms with van der Waals surface area (Å²) in [6.45, 7) is 3.28. The molecule has 41 heavy (non-hydrogen) atoms. The molecule has 0 spiro atoms. The average molecular weight is 577 g/mol. The van der Waals surface area contributed by atoms with Crippen LogP contribution in [-0.2, 0) is 29.4 Å². The number of ether oxygens (including phenoxy) is 4. The molecule has 1 aromatic carbocycles. The van der Waals surface area contributed by atoms with E-state index in [9.17, 15) is 35.1 Å². The van der Waals surface area contributed by atoms with Gasteiger partial charge in [0.15, 0.2) is 6.10 Å². The van der Waals surface area contributed by atoms with Crippen molar-refractivity contribution in [2.75, 3.05) is 27.3 Å². The average Bonchev–Trinajstić information content (AvgIpc) is 3.28. The van der Waals surface area contributed by atoms with Crippen molar-refractivity contribution in [3.63, 3.8) is 0 Å². The number of aliphatic carboxylic acids is 1. The highest BCUT2D eigenvalue weighted by molar-refractivity contribution is 6.05. The number of rotatable bonds is 7. The molecule has 224 valence electrons. The zero-order valence-electron chi connectivity index (χ0n) is 23.0. The molecule has 0 amide bonds. The first-order chi connectivity index (χ1) is 19.5. The predicted molar refractivity (Wildman–Crippen MR) is 141 cm³/mol. The Morgan fingerprint density at radius 3 is 2.61 bits per heavy atom. The van der Waals surface area contributed by atoms with Gasteiger partial charge in [-0.05, 0) is 36.8 Å². The normalized spacial score (nSPS) is 36.9. The highest BCUT2D eigenvalue weighted by Crippen LogP contribution is 2.52. The third-order valence-electron chi connectivity index (χ3n) is 8.76. The molecule has 5 N–H and O–H groups in total. The number of aliphatic imine (C=N–C) groups is 1. The summed E-state index contributed by atoms with van der Waals surface area (Å²) in [5.74, 6) is -1.96. The van der Waals surface area contributed by atoms with Crippen molar-refractivity contribution in [1.82, 2.24) is 4.90 Å². The number of carboxylic acid groups (broad SMARTS) is 1. The van der Waals surface area contributed by atoms with E-state index in [0.717, 1.165) is 6.42 Å². The Bertz CT molecular complexity index is 1250. The van der Waals surface area contributed by atoms with Crippen molar-refractivity contribution in [3.05, 3.63) is 35.6 Å². The minimum absolute atomic E-state index is 0.0994. The second-order valence-electron chi connectivity index (χ2n) is 10.9. The van der Waals surface area contributed by atoms with Gasteiger partial charge < -0.3 is 44.5 Å². The number of methoxy groups -OCH3 is 2. The molecule has 4 heterocycles. The second-order valence-corrected chi connectivity index (χ2v) is 10.9. The quantitative estimate of drug-likeness (QED) is 0.167. The summed E-state index contributed by atoms with van der Waals surface area (Å²) in [6, 6.07) is 4.58. The highest BCUT2D eigenvalue weighted by Gasteiger charge is 2.55. The van der Waals surface area contributed by atoms with Gasteiger partial charge in [0, 0.05) is 13.1 Å². The molecule has 13 nitrogen and oxygen atoms in total. The van der Waals surface area contributed by atoms with Crippen LogP contribution in [0.4, 0.5) is 5.69 Å². The Labute approximate surface area is 236 Å². The Morgan fingerprint density at radius 1 is 1.20 bits per heavy atom. The maximum Gasteiger partial charge on any atom is 0.337 e. The van der Waals surface area contributed by atoms with Crippen molar-refractivity contribution in [1.29, 1.82) is 0 Å². The summed E-state index contributed by atoms with van der Waals surface area (Å²) >= 11 is 0. The lowest BCUT2D eigenvalue weighted by atomic mass is 9.70. The summed E-state index contributed by atoms with van der Waals surface area (Å²) in [5.41, 5.74) is 0.162.